The highest BCUT2D eigenvalue weighted by Crippen LogP contribution is 2.33. The van der Waals surface area contributed by atoms with Gasteiger partial charge in [0, 0.05) is 50.3 Å². The van der Waals surface area contributed by atoms with E-state index in [1.807, 2.05) is 59.3 Å². The Morgan fingerprint density at radius 2 is 1.68 bits per heavy atom. The van der Waals surface area contributed by atoms with Gasteiger partial charge in [0.2, 0.25) is 0 Å². The highest BCUT2D eigenvalue weighted by Gasteiger charge is 2.20. The lowest BCUT2D eigenvalue weighted by atomic mass is 9.96. The maximum atomic E-state index is 13.7. The number of aromatic nitrogens is 2. The first-order valence-corrected chi connectivity index (χ1v) is 13.8. The number of aryl methyl sites for hydroxylation is 1. The van der Waals surface area contributed by atoms with Crippen LogP contribution in [-0.4, -0.2) is 35.7 Å². The zero-order chi connectivity index (χ0) is 28.1. The van der Waals surface area contributed by atoms with E-state index in [1.165, 1.54) is 5.56 Å². The molecule has 1 aliphatic rings. The molecule has 1 aliphatic heterocycles. The fourth-order valence-corrected chi connectivity index (χ4v) is 5.28. The second-order valence-electron chi connectivity index (χ2n) is 10.3. The molecule has 40 heavy (non-hydrogen) atoms. The molecule has 4 aromatic rings. The van der Waals surface area contributed by atoms with Crippen molar-refractivity contribution in [2.75, 3.05) is 26.1 Å². The standard InChI is InChI=1S/C33H35N3O4/c1-3-22-4-8-25(9-5-22)27-20-36(19-24-13-16-40-17-14-24)21-28(32(27)38)29(37)18-23-6-10-26(11-7-23)31-30(39-2)12-15-35-33(31)34/h4-12,15,20-21,24H,3,13-14,16-19H2,1-2H3,(H2,34,35). The van der Waals surface area contributed by atoms with Crippen molar-refractivity contribution in [1.29, 1.82) is 0 Å². The zero-order valence-electron chi connectivity index (χ0n) is 23.1. The van der Waals surface area contributed by atoms with E-state index in [0.29, 0.717) is 28.6 Å². The summed E-state index contributed by atoms with van der Waals surface area (Å²) in [7, 11) is 1.59. The van der Waals surface area contributed by atoms with Crippen LogP contribution in [0.15, 0.2) is 78.0 Å². The summed E-state index contributed by atoms with van der Waals surface area (Å²) >= 11 is 0. The number of ketones is 1. The molecule has 0 bridgehead atoms. The molecule has 2 N–H and O–H groups in total. The van der Waals surface area contributed by atoms with E-state index in [4.69, 9.17) is 15.2 Å². The molecule has 1 fully saturated rings. The summed E-state index contributed by atoms with van der Waals surface area (Å²) in [5, 5.41) is 0. The number of anilines is 1. The van der Waals surface area contributed by atoms with Gasteiger partial charge in [0.05, 0.1) is 18.2 Å². The number of nitrogens with two attached hydrogens (primary N) is 1. The molecular weight excluding hydrogens is 502 g/mol. The first kappa shape index (κ1) is 27.3. The number of nitrogen functional groups attached to an aromatic ring is 1. The summed E-state index contributed by atoms with van der Waals surface area (Å²) in [6, 6.07) is 17.3. The summed E-state index contributed by atoms with van der Waals surface area (Å²) < 4.78 is 13.0. The molecule has 7 heteroatoms. The molecule has 5 rings (SSSR count). The Bertz CT molecular complexity index is 1540. The number of carbonyl (C=O) groups excluding carboxylic acids is 1. The monoisotopic (exact) mass is 537 g/mol. The number of benzene rings is 2. The largest absolute Gasteiger partial charge is 0.496 e. The minimum Gasteiger partial charge on any atom is -0.496 e. The van der Waals surface area contributed by atoms with Gasteiger partial charge in [-0.3, -0.25) is 9.59 Å². The van der Waals surface area contributed by atoms with Crippen molar-refractivity contribution in [2.24, 2.45) is 5.92 Å². The number of Topliss-reactive ketones (excluding diaryl/α,β-unsaturated/α-hetero) is 1. The number of hydrogen-bond acceptors (Lipinski definition) is 6. The third-order valence-corrected chi connectivity index (χ3v) is 7.63. The minimum absolute atomic E-state index is 0.116. The summed E-state index contributed by atoms with van der Waals surface area (Å²) in [6.45, 7) is 4.33. The van der Waals surface area contributed by atoms with Crippen molar-refractivity contribution in [3.05, 3.63) is 100 Å². The summed E-state index contributed by atoms with van der Waals surface area (Å²) in [5.41, 5.74) is 11.0. The van der Waals surface area contributed by atoms with Crippen LogP contribution in [0.1, 0.15) is 41.3 Å². The maximum absolute atomic E-state index is 13.7. The molecule has 0 spiro atoms. The molecule has 2 aromatic carbocycles. The number of rotatable bonds is 9. The maximum Gasteiger partial charge on any atom is 0.200 e. The number of nitrogens with zero attached hydrogens (tertiary/aromatic N) is 2. The number of hydrogen-bond donors (Lipinski definition) is 1. The van der Waals surface area contributed by atoms with E-state index in [-0.39, 0.29) is 23.2 Å². The van der Waals surface area contributed by atoms with Gasteiger partial charge in [0.25, 0.3) is 0 Å². The van der Waals surface area contributed by atoms with Crippen molar-refractivity contribution in [3.63, 3.8) is 0 Å². The fraction of sp³-hybridized carbons (Fsp3) is 0.303. The van der Waals surface area contributed by atoms with Gasteiger partial charge < -0.3 is 19.8 Å². The molecule has 0 atom stereocenters. The van der Waals surface area contributed by atoms with Crippen LogP contribution in [0.3, 0.4) is 0 Å². The zero-order valence-corrected chi connectivity index (χ0v) is 23.1. The van der Waals surface area contributed by atoms with Gasteiger partial charge in [-0.25, -0.2) is 4.98 Å². The van der Waals surface area contributed by atoms with Gasteiger partial charge in [-0.15, -0.1) is 0 Å². The Hall–Kier alpha value is -4.23. The SMILES string of the molecule is CCc1ccc(-c2cn(CC3CCOCC3)cc(C(=O)Cc3ccc(-c4c(OC)ccnc4N)cc3)c2=O)cc1. The lowest BCUT2D eigenvalue weighted by molar-refractivity contribution is 0.0612. The van der Waals surface area contributed by atoms with Gasteiger partial charge in [-0.05, 0) is 53.5 Å². The van der Waals surface area contributed by atoms with Gasteiger partial charge in [-0.1, -0.05) is 55.5 Å². The Kier molecular flexibility index (Phi) is 8.41. The van der Waals surface area contributed by atoms with Crippen LogP contribution in [0.5, 0.6) is 5.75 Å². The highest BCUT2D eigenvalue weighted by atomic mass is 16.5. The van der Waals surface area contributed by atoms with E-state index in [1.54, 1.807) is 25.6 Å². The van der Waals surface area contributed by atoms with Crippen molar-refractivity contribution in [1.82, 2.24) is 9.55 Å². The van der Waals surface area contributed by atoms with Crippen LogP contribution in [0.4, 0.5) is 5.82 Å². The van der Waals surface area contributed by atoms with E-state index >= 15 is 0 Å². The first-order chi connectivity index (χ1) is 19.5. The number of methoxy groups -OCH3 is 1. The average molecular weight is 538 g/mol. The van der Waals surface area contributed by atoms with Crippen molar-refractivity contribution in [2.45, 2.75) is 39.2 Å². The quantitative estimate of drug-likeness (QED) is 0.280. The van der Waals surface area contributed by atoms with E-state index in [2.05, 4.69) is 11.9 Å². The van der Waals surface area contributed by atoms with Gasteiger partial charge in [-0.2, -0.15) is 0 Å². The molecule has 0 radical (unpaired) electrons. The molecule has 7 nitrogen and oxygen atoms in total. The van der Waals surface area contributed by atoms with Crippen LogP contribution < -0.4 is 15.9 Å². The fourth-order valence-electron chi connectivity index (χ4n) is 5.28. The molecule has 0 saturated carbocycles. The molecular formula is C33H35N3O4. The van der Waals surface area contributed by atoms with Crippen LogP contribution in [0.25, 0.3) is 22.3 Å². The highest BCUT2D eigenvalue weighted by molar-refractivity contribution is 5.98. The number of ether oxygens (including phenoxy) is 2. The van der Waals surface area contributed by atoms with Crippen LogP contribution in [0.2, 0.25) is 0 Å². The summed E-state index contributed by atoms with van der Waals surface area (Å²) in [5.74, 6) is 1.24. The summed E-state index contributed by atoms with van der Waals surface area (Å²) in [4.78, 5) is 31.4. The third-order valence-electron chi connectivity index (χ3n) is 7.63. The lowest BCUT2D eigenvalue weighted by Gasteiger charge is -2.23. The van der Waals surface area contributed by atoms with Gasteiger partial charge in [0.15, 0.2) is 11.2 Å². The number of carbonyl (C=O) groups is 1. The molecule has 0 aliphatic carbocycles. The molecule has 1 saturated heterocycles. The second kappa shape index (κ2) is 12.3. The topological polar surface area (TPSA) is 96.4 Å². The minimum atomic E-state index is -0.234. The van der Waals surface area contributed by atoms with Crippen molar-refractivity contribution >= 4 is 11.6 Å². The molecule has 206 valence electrons. The van der Waals surface area contributed by atoms with E-state index in [9.17, 15) is 9.59 Å². The molecule has 0 amide bonds. The van der Waals surface area contributed by atoms with Gasteiger partial charge >= 0.3 is 0 Å². The van der Waals surface area contributed by atoms with Crippen LogP contribution >= 0.6 is 0 Å². The molecule has 3 heterocycles. The van der Waals surface area contributed by atoms with Gasteiger partial charge in [0.1, 0.15) is 11.6 Å². The summed E-state index contributed by atoms with van der Waals surface area (Å²) in [6.07, 6.45) is 8.21. The Morgan fingerprint density at radius 1 is 1.00 bits per heavy atom. The van der Waals surface area contributed by atoms with Crippen LogP contribution in [-0.2, 0) is 24.1 Å². The third kappa shape index (κ3) is 6.00. The molecule has 0 unspecified atom stereocenters. The van der Waals surface area contributed by atoms with E-state index in [0.717, 1.165) is 55.7 Å². The molecule has 2 aromatic heterocycles. The average Bonchev–Trinajstić information content (AvgIpc) is 2.99. The lowest BCUT2D eigenvalue weighted by Crippen LogP contribution is -2.25. The number of pyridine rings is 2. The smallest absolute Gasteiger partial charge is 0.200 e. The predicted octanol–water partition coefficient (Wildman–Crippen LogP) is 5.58. The second-order valence-corrected chi connectivity index (χ2v) is 10.3. The van der Waals surface area contributed by atoms with Crippen LogP contribution in [0, 0.1) is 5.92 Å². The normalized spacial score (nSPS) is 13.8. The Morgan fingerprint density at radius 3 is 2.35 bits per heavy atom. The predicted molar refractivity (Wildman–Crippen MR) is 158 cm³/mol. The van der Waals surface area contributed by atoms with E-state index < -0.39 is 0 Å². The first-order valence-electron chi connectivity index (χ1n) is 13.8. The van der Waals surface area contributed by atoms with Crippen molar-refractivity contribution in [3.8, 4) is 28.0 Å². The Balaban J connectivity index is 1.45. The Labute approximate surface area is 234 Å². The van der Waals surface area contributed by atoms with Crippen molar-refractivity contribution < 1.29 is 14.3 Å².